The lowest BCUT2D eigenvalue weighted by molar-refractivity contribution is -0.141. The Morgan fingerprint density at radius 1 is 1.23 bits per heavy atom. The van der Waals surface area contributed by atoms with Gasteiger partial charge in [0.2, 0.25) is 17.7 Å². The van der Waals surface area contributed by atoms with E-state index in [0.29, 0.717) is 25.9 Å². The topological polar surface area (TPSA) is 98.7 Å². The summed E-state index contributed by atoms with van der Waals surface area (Å²) in [6.45, 7) is 11.0. The Morgan fingerprint density at radius 2 is 1.93 bits per heavy atom. The first-order valence-corrected chi connectivity index (χ1v) is 12.0. The highest BCUT2D eigenvalue weighted by Crippen LogP contribution is 2.71. The van der Waals surface area contributed by atoms with Gasteiger partial charge in [0.05, 0.1) is 16.6 Å². The molecule has 3 saturated heterocycles. The number of hydrogen-bond donors (Lipinski definition) is 3. The molecule has 3 amide bonds. The number of thioether (sulfide) groups is 1. The number of hydrogen-bond acceptors (Lipinski definition) is 5. The van der Waals surface area contributed by atoms with Crippen LogP contribution in [-0.2, 0) is 14.4 Å². The lowest BCUT2D eigenvalue weighted by Crippen LogP contribution is -2.57. The molecular formula is C22H37N3O4S. The van der Waals surface area contributed by atoms with Crippen molar-refractivity contribution in [3.63, 3.8) is 0 Å². The number of carbonyl (C=O) groups excluding carboxylic acids is 3. The highest BCUT2D eigenvalue weighted by molar-refractivity contribution is 8.02. The van der Waals surface area contributed by atoms with Gasteiger partial charge in [-0.25, -0.2) is 0 Å². The number of fused-ring (bicyclic) bond motifs is 1. The second-order valence-electron chi connectivity index (χ2n) is 10.2. The van der Waals surface area contributed by atoms with E-state index in [0.717, 1.165) is 19.3 Å². The van der Waals surface area contributed by atoms with Crippen LogP contribution in [0.15, 0.2) is 0 Å². The van der Waals surface area contributed by atoms with E-state index in [-0.39, 0.29) is 29.1 Å². The number of carbonyl (C=O) groups is 3. The molecule has 3 heterocycles. The molecule has 3 aliphatic heterocycles. The van der Waals surface area contributed by atoms with Gasteiger partial charge in [-0.2, -0.15) is 0 Å². The van der Waals surface area contributed by atoms with Crippen LogP contribution >= 0.6 is 11.8 Å². The van der Waals surface area contributed by atoms with Gasteiger partial charge in [-0.1, -0.05) is 6.92 Å². The van der Waals surface area contributed by atoms with E-state index in [1.807, 2.05) is 27.7 Å². The van der Waals surface area contributed by atoms with Crippen LogP contribution in [0.1, 0.15) is 66.7 Å². The molecule has 0 aromatic rings. The normalized spacial score (nSPS) is 34.9. The van der Waals surface area contributed by atoms with Crippen LogP contribution in [0.4, 0.5) is 0 Å². The molecule has 3 fully saturated rings. The van der Waals surface area contributed by atoms with Gasteiger partial charge in [0.25, 0.3) is 0 Å². The van der Waals surface area contributed by atoms with E-state index in [2.05, 4.69) is 17.6 Å². The number of nitrogens with zero attached hydrogens (tertiary/aromatic N) is 1. The Morgan fingerprint density at radius 3 is 2.53 bits per heavy atom. The fourth-order valence-corrected chi connectivity index (χ4v) is 7.91. The van der Waals surface area contributed by atoms with Crippen molar-refractivity contribution in [2.45, 2.75) is 87.8 Å². The quantitative estimate of drug-likeness (QED) is 0.500. The van der Waals surface area contributed by atoms with Gasteiger partial charge in [-0.05, 0) is 59.8 Å². The summed E-state index contributed by atoms with van der Waals surface area (Å²) in [5, 5.41) is 15.3. The minimum Gasteiger partial charge on any atom is -0.396 e. The Hall–Kier alpha value is -1.28. The fourth-order valence-electron chi connectivity index (χ4n) is 5.56. The number of amides is 3. The minimum atomic E-state index is -0.580. The molecule has 2 bridgehead atoms. The second-order valence-corrected chi connectivity index (χ2v) is 12.1. The maximum Gasteiger partial charge on any atom is 0.244 e. The number of aliphatic hydroxyl groups excluding tert-OH is 1. The summed E-state index contributed by atoms with van der Waals surface area (Å²) >= 11 is 1.70. The van der Waals surface area contributed by atoms with Crippen LogP contribution in [0.5, 0.6) is 0 Å². The zero-order valence-electron chi connectivity index (χ0n) is 18.9. The highest BCUT2D eigenvalue weighted by atomic mass is 32.2. The van der Waals surface area contributed by atoms with Crippen LogP contribution in [0, 0.1) is 11.8 Å². The van der Waals surface area contributed by atoms with Gasteiger partial charge in [-0.3, -0.25) is 14.4 Å². The third-order valence-corrected chi connectivity index (χ3v) is 8.65. The van der Waals surface area contributed by atoms with Crippen molar-refractivity contribution in [1.29, 1.82) is 0 Å². The highest BCUT2D eigenvalue weighted by Gasteiger charge is 2.77. The van der Waals surface area contributed by atoms with Gasteiger partial charge in [0.15, 0.2) is 0 Å². The van der Waals surface area contributed by atoms with Gasteiger partial charge < -0.3 is 20.6 Å². The zero-order chi connectivity index (χ0) is 22.3. The first-order valence-electron chi connectivity index (χ1n) is 11.2. The fraction of sp³-hybridized carbons (Fsp3) is 0.864. The third kappa shape index (κ3) is 3.85. The van der Waals surface area contributed by atoms with Crippen molar-refractivity contribution in [3.8, 4) is 0 Å². The number of likely N-dealkylation sites (tertiary alicyclic amines) is 1. The molecule has 2 unspecified atom stereocenters. The van der Waals surface area contributed by atoms with E-state index in [1.165, 1.54) is 0 Å². The van der Waals surface area contributed by atoms with E-state index in [1.54, 1.807) is 16.7 Å². The lowest BCUT2D eigenvalue weighted by atomic mass is 9.66. The lowest BCUT2D eigenvalue weighted by Gasteiger charge is -2.36. The number of nitrogens with one attached hydrogen (secondary N) is 2. The molecule has 3 N–H and O–H groups in total. The molecule has 0 aliphatic carbocycles. The van der Waals surface area contributed by atoms with Crippen LogP contribution in [-0.4, -0.2) is 68.5 Å². The first kappa shape index (κ1) is 23.4. The van der Waals surface area contributed by atoms with Crippen LogP contribution in [0.3, 0.4) is 0 Å². The molecule has 0 aromatic heterocycles. The predicted octanol–water partition coefficient (Wildman–Crippen LogP) is 1.68. The van der Waals surface area contributed by atoms with Gasteiger partial charge in [0.1, 0.15) is 6.04 Å². The summed E-state index contributed by atoms with van der Waals surface area (Å²) < 4.78 is -0.885. The second kappa shape index (κ2) is 8.34. The summed E-state index contributed by atoms with van der Waals surface area (Å²) in [5.41, 5.74) is -0.408. The third-order valence-electron chi connectivity index (χ3n) is 6.66. The van der Waals surface area contributed by atoms with E-state index in [9.17, 15) is 19.5 Å². The largest absolute Gasteiger partial charge is 0.396 e. The molecule has 3 aliphatic rings. The smallest absolute Gasteiger partial charge is 0.244 e. The molecule has 0 saturated carbocycles. The molecule has 3 rings (SSSR count). The van der Waals surface area contributed by atoms with E-state index < -0.39 is 28.2 Å². The minimum absolute atomic E-state index is 0.0565. The molecule has 30 heavy (non-hydrogen) atoms. The van der Waals surface area contributed by atoms with Crippen LogP contribution in [0.2, 0.25) is 0 Å². The standard InChI is InChI=1S/C22H37N3O4S/c1-6-11-23-17(27)14-15-19(29)25(12-7-8-13-26)16(18(28)24-20(2,3)4)22(15)10-9-21(14,5)30-22/h14-16,26H,6-13H2,1-5H3,(H,23,27)(H,24,28)/t14-,15+,16?,21+,22?/m1/s1. The van der Waals surface area contributed by atoms with Crippen molar-refractivity contribution in [1.82, 2.24) is 15.5 Å². The molecule has 170 valence electrons. The summed E-state index contributed by atoms with van der Waals surface area (Å²) in [6.07, 6.45) is 3.66. The summed E-state index contributed by atoms with van der Waals surface area (Å²) in [4.78, 5) is 42.0. The Balaban J connectivity index is 1.98. The molecular weight excluding hydrogens is 402 g/mol. The molecule has 0 aromatic carbocycles. The molecule has 0 radical (unpaired) electrons. The number of unbranched alkanes of at least 4 members (excludes halogenated alkanes) is 1. The van der Waals surface area contributed by atoms with Crippen molar-refractivity contribution >= 4 is 29.5 Å². The number of rotatable bonds is 8. The van der Waals surface area contributed by atoms with Gasteiger partial charge >= 0.3 is 0 Å². The van der Waals surface area contributed by atoms with Crippen LogP contribution < -0.4 is 10.6 Å². The summed E-state index contributed by atoms with van der Waals surface area (Å²) in [6, 6.07) is -0.580. The number of aliphatic hydroxyl groups is 1. The SMILES string of the molecule is CCCNC(=O)[C@H]1[C@H]2C(=O)N(CCCCO)C(C(=O)NC(C)(C)C)C23CC[C@]1(C)S3. The zero-order valence-corrected chi connectivity index (χ0v) is 19.7. The van der Waals surface area contributed by atoms with Gasteiger partial charge in [0, 0.05) is 30.0 Å². The average molecular weight is 440 g/mol. The van der Waals surface area contributed by atoms with Gasteiger partial charge in [-0.15, -0.1) is 11.8 Å². The molecule has 5 atom stereocenters. The Bertz CT molecular complexity index is 709. The van der Waals surface area contributed by atoms with Crippen molar-refractivity contribution in [2.75, 3.05) is 19.7 Å². The van der Waals surface area contributed by atoms with Crippen molar-refractivity contribution in [3.05, 3.63) is 0 Å². The molecule has 8 heteroatoms. The first-order chi connectivity index (χ1) is 14.0. The predicted molar refractivity (Wildman–Crippen MR) is 118 cm³/mol. The van der Waals surface area contributed by atoms with Crippen molar-refractivity contribution in [2.24, 2.45) is 11.8 Å². The maximum atomic E-state index is 13.7. The summed E-state index contributed by atoms with van der Waals surface area (Å²) in [7, 11) is 0. The molecule has 1 spiro atoms. The van der Waals surface area contributed by atoms with E-state index in [4.69, 9.17) is 0 Å². The summed E-state index contributed by atoms with van der Waals surface area (Å²) in [5.74, 6) is -1.15. The van der Waals surface area contributed by atoms with Crippen molar-refractivity contribution < 1.29 is 19.5 Å². The Labute approximate surface area is 184 Å². The van der Waals surface area contributed by atoms with Crippen LogP contribution in [0.25, 0.3) is 0 Å². The Kier molecular flexibility index (Phi) is 6.50. The monoisotopic (exact) mass is 439 g/mol. The molecule has 7 nitrogen and oxygen atoms in total. The average Bonchev–Trinajstić information content (AvgIpc) is 3.20. The maximum absolute atomic E-state index is 13.7. The van der Waals surface area contributed by atoms with E-state index >= 15 is 0 Å².